The van der Waals surface area contributed by atoms with Gasteiger partial charge in [0.05, 0.1) is 7.11 Å². The van der Waals surface area contributed by atoms with Gasteiger partial charge >= 0.3 is 0 Å². The van der Waals surface area contributed by atoms with E-state index >= 15 is 0 Å². The van der Waals surface area contributed by atoms with Gasteiger partial charge in [-0.15, -0.1) is 0 Å². The standard InChI is InChI=1S/C12H11N3O3/c1-18-12-9(3-2-5-14-12)15-11(17)8-4-6-13-10(16)7-8/h2-7H,1H3,(H,13,16)(H,15,17). The van der Waals surface area contributed by atoms with Crippen molar-refractivity contribution in [1.29, 1.82) is 0 Å². The highest BCUT2D eigenvalue weighted by Gasteiger charge is 2.10. The van der Waals surface area contributed by atoms with Crippen molar-refractivity contribution in [2.24, 2.45) is 0 Å². The zero-order valence-electron chi connectivity index (χ0n) is 9.64. The molecular formula is C12H11N3O3. The highest BCUT2D eigenvalue weighted by atomic mass is 16.5. The Labute approximate surface area is 103 Å². The molecule has 0 saturated carbocycles. The molecule has 0 atom stereocenters. The van der Waals surface area contributed by atoms with Gasteiger partial charge in [0.25, 0.3) is 5.91 Å². The molecule has 92 valence electrons. The van der Waals surface area contributed by atoms with Gasteiger partial charge < -0.3 is 15.0 Å². The van der Waals surface area contributed by atoms with E-state index in [1.807, 2.05) is 0 Å². The second-order valence-corrected chi connectivity index (χ2v) is 3.46. The van der Waals surface area contributed by atoms with E-state index in [1.165, 1.54) is 25.4 Å². The zero-order chi connectivity index (χ0) is 13.0. The summed E-state index contributed by atoms with van der Waals surface area (Å²) in [6, 6.07) is 6.07. The van der Waals surface area contributed by atoms with Crippen molar-refractivity contribution in [1.82, 2.24) is 9.97 Å². The lowest BCUT2D eigenvalue weighted by Crippen LogP contribution is -2.16. The SMILES string of the molecule is COc1ncccc1NC(=O)c1cc[nH]c(=O)c1. The molecule has 6 nitrogen and oxygen atoms in total. The number of pyridine rings is 2. The number of rotatable bonds is 3. The molecule has 6 heteroatoms. The summed E-state index contributed by atoms with van der Waals surface area (Å²) in [5.74, 6) is -0.0805. The number of aromatic nitrogens is 2. The van der Waals surface area contributed by atoms with Crippen molar-refractivity contribution >= 4 is 11.6 Å². The Hall–Kier alpha value is -2.63. The summed E-state index contributed by atoms with van der Waals surface area (Å²) in [6.45, 7) is 0. The zero-order valence-corrected chi connectivity index (χ0v) is 9.64. The molecule has 0 saturated heterocycles. The van der Waals surface area contributed by atoms with Crippen molar-refractivity contribution in [3.63, 3.8) is 0 Å². The Morgan fingerprint density at radius 2 is 2.28 bits per heavy atom. The van der Waals surface area contributed by atoms with Crippen LogP contribution in [0.15, 0.2) is 41.5 Å². The van der Waals surface area contributed by atoms with Gasteiger partial charge in [-0.1, -0.05) is 0 Å². The first kappa shape index (κ1) is 11.8. The van der Waals surface area contributed by atoms with Crippen LogP contribution >= 0.6 is 0 Å². The van der Waals surface area contributed by atoms with Crippen LogP contribution in [0.3, 0.4) is 0 Å². The van der Waals surface area contributed by atoms with Gasteiger partial charge in [0.15, 0.2) is 0 Å². The highest BCUT2D eigenvalue weighted by Crippen LogP contribution is 2.20. The van der Waals surface area contributed by atoms with E-state index in [0.29, 0.717) is 11.6 Å². The second-order valence-electron chi connectivity index (χ2n) is 3.46. The maximum atomic E-state index is 11.9. The van der Waals surface area contributed by atoms with Gasteiger partial charge in [-0.05, 0) is 18.2 Å². The summed E-state index contributed by atoms with van der Waals surface area (Å²) in [6.07, 6.45) is 2.97. The van der Waals surface area contributed by atoms with E-state index in [1.54, 1.807) is 18.3 Å². The smallest absolute Gasteiger partial charge is 0.256 e. The number of nitrogens with one attached hydrogen (secondary N) is 2. The van der Waals surface area contributed by atoms with Crippen LogP contribution in [0, 0.1) is 0 Å². The fourth-order valence-electron chi connectivity index (χ4n) is 1.43. The van der Waals surface area contributed by atoms with Crippen molar-refractivity contribution in [2.75, 3.05) is 12.4 Å². The van der Waals surface area contributed by atoms with Crippen molar-refractivity contribution in [2.45, 2.75) is 0 Å². The third kappa shape index (κ3) is 2.54. The van der Waals surface area contributed by atoms with Crippen LogP contribution in [0.1, 0.15) is 10.4 Å². The maximum absolute atomic E-state index is 11.9. The number of anilines is 1. The van der Waals surface area contributed by atoms with Gasteiger partial charge in [-0.3, -0.25) is 9.59 Å². The number of H-pyrrole nitrogens is 1. The minimum atomic E-state index is -0.396. The fraction of sp³-hybridized carbons (Fsp3) is 0.0833. The van der Waals surface area contributed by atoms with Crippen molar-refractivity contribution in [3.8, 4) is 5.88 Å². The minimum Gasteiger partial charge on any atom is -0.480 e. The van der Waals surface area contributed by atoms with Gasteiger partial charge in [0.2, 0.25) is 11.4 Å². The highest BCUT2D eigenvalue weighted by molar-refractivity contribution is 6.04. The quantitative estimate of drug-likeness (QED) is 0.845. The Morgan fingerprint density at radius 1 is 1.44 bits per heavy atom. The van der Waals surface area contributed by atoms with Crippen LogP contribution in [0.2, 0.25) is 0 Å². The Balaban J connectivity index is 2.24. The van der Waals surface area contributed by atoms with Crippen LogP contribution in [0.4, 0.5) is 5.69 Å². The molecule has 2 rings (SSSR count). The number of carbonyl (C=O) groups is 1. The monoisotopic (exact) mass is 245 g/mol. The number of nitrogens with zero attached hydrogens (tertiary/aromatic N) is 1. The van der Waals surface area contributed by atoms with Gasteiger partial charge in [-0.2, -0.15) is 0 Å². The molecule has 0 aliphatic heterocycles. The third-order valence-electron chi connectivity index (χ3n) is 2.25. The second kappa shape index (κ2) is 5.13. The molecule has 0 bridgehead atoms. The minimum absolute atomic E-state index is 0.268. The molecule has 2 aromatic rings. The summed E-state index contributed by atoms with van der Waals surface area (Å²) in [4.78, 5) is 29.4. The lowest BCUT2D eigenvalue weighted by atomic mass is 10.2. The lowest BCUT2D eigenvalue weighted by Gasteiger charge is -2.08. The number of hydrogen-bond donors (Lipinski definition) is 2. The van der Waals surface area contributed by atoms with E-state index in [9.17, 15) is 9.59 Å². The number of aromatic amines is 1. The van der Waals surface area contributed by atoms with Gasteiger partial charge in [0.1, 0.15) is 5.69 Å². The molecule has 0 aliphatic rings. The molecule has 2 aromatic heterocycles. The number of carbonyl (C=O) groups excluding carboxylic acids is 1. The van der Waals surface area contributed by atoms with Crippen LogP contribution in [-0.2, 0) is 0 Å². The Bertz CT molecular complexity index is 622. The molecule has 0 spiro atoms. The van der Waals surface area contributed by atoms with E-state index in [4.69, 9.17) is 4.74 Å². The van der Waals surface area contributed by atoms with E-state index in [0.717, 1.165) is 0 Å². The number of hydrogen-bond acceptors (Lipinski definition) is 4. The molecule has 0 fully saturated rings. The topological polar surface area (TPSA) is 84.1 Å². The van der Waals surface area contributed by atoms with E-state index in [-0.39, 0.29) is 11.1 Å². The van der Waals surface area contributed by atoms with Crippen LogP contribution in [-0.4, -0.2) is 23.0 Å². The average molecular weight is 245 g/mol. The van der Waals surface area contributed by atoms with Gasteiger partial charge in [0, 0.05) is 24.0 Å². The first-order valence-electron chi connectivity index (χ1n) is 5.20. The number of amides is 1. The molecule has 0 aliphatic carbocycles. The van der Waals surface area contributed by atoms with Crippen LogP contribution in [0.5, 0.6) is 5.88 Å². The summed E-state index contributed by atoms with van der Waals surface area (Å²) in [5.41, 5.74) is 0.385. The molecule has 18 heavy (non-hydrogen) atoms. The lowest BCUT2D eigenvalue weighted by molar-refractivity contribution is 0.102. The normalized spacial score (nSPS) is 9.83. The molecule has 1 amide bonds. The summed E-state index contributed by atoms with van der Waals surface area (Å²) < 4.78 is 5.01. The largest absolute Gasteiger partial charge is 0.480 e. The maximum Gasteiger partial charge on any atom is 0.256 e. The predicted octanol–water partition coefficient (Wildman–Crippen LogP) is 1.03. The van der Waals surface area contributed by atoms with Crippen molar-refractivity contribution in [3.05, 3.63) is 52.6 Å². The van der Waals surface area contributed by atoms with Crippen molar-refractivity contribution < 1.29 is 9.53 Å². The summed E-state index contributed by atoms with van der Waals surface area (Å²) >= 11 is 0. The van der Waals surface area contributed by atoms with E-state index in [2.05, 4.69) is 15.3 Å². The number of methoxy groups -OCH3 is 1. The summed E-state index contributed by atoms with van der Waals surface area (Å²) in [7, 11) is 1.46. The molecule has 0 unspecified atom stereocenters. The third-order valence-corrected chi connectivity index (χ3v) is 2.25. The first-order valence-corrected chi connectivity index (χ1v) is 5.20. The van der Waals surface area contributed by atoms with Gasteiger partial charge in [-0.25, -0.2) is 4.98 Å². The fourth-order valence-corrected chi connectivity index (χ4v) is 1.43. The molecular weight excluding hydrogens is 234 g/mol. The molecule has 0 aromatic carbocycles. The Kier molecular flexibility index (Phi) is 3.38. The van der Waals surface area contributed by atoms with Crippen LogP contribution in [0.25, 0.3) is 0 Å². The van der Waals surface area contributed by atoms with E-state index < -0.39 is 5.91 Å². The Morgan fingerprint density at radius 3 is 3.00 bits per heavy atom. The first-order chi connectivity index (χ1) is 8.70. The predicted molar refractivity (Wildman–Crippen MR) is 65.8 cm³/mol. The average Bonchev–Trinajstić information content (AvgIpc) is 2.39. The number of ether oxygens (including phenoxy) is 1. The molecule has 0 radical (unpaired) electrons. The summed E-state index contributed by atoms with van der Waals surface area (Å²) in [5, 5.41) is 2.63. The molecule has 2 heterocycles. The van der Waals surface area contributed by atoms with Crippen LogP contribution < -0.4 is 15.6 Å². The molecule has 2 N–H and O–H groups in total.